The molecule has 0 saturated heterocycles. The van der Waals surface area contributed by atoms with E-state index in [9.17, 15) is 4.79 Å². The molecule has 0 radical (unpaired) electrons. The Morgan fingerprint density at radius 3 is 2.49 bits per heavy atom. The van der Waals surface area contributed by atoms with Gasteiger partial charge in [0, 0.05) is 19.1 Å². The maximum atomic E-state index is 12.2. The quantitative estimate of drug-likeness (QED) is 0.555. The molecule has 1 atom stereocenters. The second kappa shape index (κ2) is 10.2. The molecule has 188 valence electrons. The van der Waals surface area contributed by atoms with Crippen molar-refractivity contribution < 1.29 is 23.7 Å². The van der Waals surface area contributed by atoms with Crippen LogP contribution in [-0.4, -0.2) is 50.4 Å². The van der Waals surface area contributed by atoms with Crippen LogP contribution in [0.3, 0.4) is 0 Å². The van der Waals surface area contributed by atoms with Crippen molar-refractivity contribution in [2.75, 3.05) is 27.4 Å². The van der Waals surface area contributed by atoms with E-state index in [4.69, 9.17) is 18.9 Å². The fraction of sp³-hybridized carbons (Fsp3) is 0.552. The second-order valence-corrected chi connectivity index (χ2v) is 10.0. The van der Waals surface area contributed by atoms with Gasteiger partial charge in [-0.2, -0.15) is 0 Å². The topological polar surface area (TPSA) is 57.2 Å². The van der Waals surface area contributed by atoms with Crippen LogP contribution in [0.15, 0.2) is 36.4 Å². The van der Waals surface area contributed by atoms with E-state index in [2.05, 4.69) is 41.3 Å². The van der Waals surface area contributed by atoms with Crippen molar-refractivity contribution in [3.8, 4) is 11.5 Å². The van der Waals surface area contributed by atoms with Gasteiger partial charge in [-0.3, -0.25) is 9.69 Å². The predicted octanol–water partition coefficient (Wildman–Crippen LogP) is 4.79. The van der Waals surface area contributed by atoms with Crippen molar-refractivity contribution in [3.63, 3.8) is 0 Å². The van der Waals surface area contributed by atoms with Gasteiger partial charge in [-0.1, -0.05) is 24.3 Å². The molecule has 0 N–H and O–H groups in total. The number of rotatable bonds is 6. The van der Waals surface area contributed by atoms with Crippen LogP contribution in [-0.2, 0) is 39.3 Å². The van der Waals surface area contributed by atoms with E-state index in [1.54, 1.807) is 14.2 Å². The van der Waals surface area contributed by atoms with Crippen LogP contribution in [0.1, 0.15) is 61.3 Å². The van der Waals surface area contributed by atoms with Crippen molar-refractivity contribution >= 4 is 5.97 Å². The largest absolute Gasteiger partial charge is 0.493 e. The molecular weight excluding hydrogens is 442 g/mol. The third kappa shape index (κ3) is 4.78. The number of carbonyl (C=O) groups is 1. The van der Waals surface area contributed by atoms with Gasteiger partial charge in [0.25, 0.3) is 0 Å². The summed E-state index contributed by atoms with van der Waals surface area (Å²) in [4.78, 5) is 14.8. The van der Waals surface area contributed by atoms with E-state index < -0.39 is 0 Å². The second-order valence-electron chi connectivity index (χ2n) is 10.0. The highest BCUT2D eigenvalue weighted by molar-refractivity contribution is 5.70. The molecule has 0 amide bonds. The summed E-state index contributed by atoms with van der Waals surface area (Å²) < 4.78 is 23.0. The molecular formula is C29H37NO5. The zero-order valence-corrected chi connectivity index (χ0v) is 21.2. The normalized spacial score (nSPS) is 26.0. The van der Waals surface area contributed by atoms with Crippen molar-refractivity contribution in [1.29, 1.82) is 0 Å². The molecule has 1 aliphatic carbocycles. The van der Waals surface area contributed by atoms with Gasteiger partial charge < -0.3 is 18.9 Å². The highest BCUT2D eigenvalue weighted by atomic mass is 16.5. The van der Waals surface area contributed by atoms with Crippen LogP contribution < -0.4 is 9.47 Å². The number of hydrogen-bond donors (Lipinski definition) is 0. The maximum Gasteiger partial charge on any atom is 0.308 e. The molecule has 1 saturated carbocycles. The van der Waals surface area contributed by atoms with Gasteiger partial charge in [-0.25, -0.2) is 0 Å². The molecule has 3 aliphatic rings. The third-order valence-electron chi connectivity index (χ3n) is 8.07. The summed E-state index contributed by atoms with van der Waals surface area (Å²) in [6.45, 7) is 4.26. The lowest BCUT2D eigenvalue weighted by atomic mass is 9.73. The molecule has 5 rings (SSSR count). The third-order valence-corrected chi connectivity index (χ3v) is 8.07. The van der Waals surface area contributed by atoms with Crippen molar-refractivity contribution in [1.82, 2.24) is 4.90 Å². The average molecular weight is 480 g/mol. The predicted molar refractivity (Wildman–Crippen MR) is 134 cm³/mol. The highest BCUT2D eigenvalue weighted by Crippen LogP contribution is 2.48. The summed E-state index contributed by atoms with van der Waals surface area (Å²) in [6, 6.07) is 13.5. The molecule has 35 heavy (non-hydrogen) atoms. The molecule has 2 aromatic carbocycles. The summed E-state index contributed by atoms with van der Waals surface area (Å²) in [5.41, 5.74) is 5.03. The first-order valence-corrected chi connectivity index (χ1v) is 12.9. The molecule has 2 heterocycles. The molecule has 2 aromatic rings. The fourth-order valence-electron chi connectivity index (χ4n) is 6.37. The molecule has 0 aromatic heterocycles. The molecule has 2 aliphatic heterocycles. The Kier molecular flexibility index (Phi) is 7.03. The first-order valence-electron chi connectivity index (χ1n) is 12.9. The minimum Gasteiger partial charge on any atom is -0.493 e. The Balaban J connectivity index is 1.30. The lowest BCUT2D eigenvalue weighted by Gasteiger charge is -2.48. The van der Waals surface area contributed by atoms with E-state index in [0.29, 0.717) is 19.1 Å². The van der Waals surface area contributed by atoms with Gasteiger partial charge in [0.2, 0.25) is 0 Å². The van der Waals surface area contributed by atoms with E-state index in [1.807, 2.05) is 6.92 Å². The average Bonchev–Trinajstić information content (AvgIpc) is 2.88. The van der Waals surface area contributed by atoms with Crippen LogP contribution in [0.2, 0.25) is 0 Å². The Labute approximate surface area is 208 Å². The summed E-state index contributed by atoms with van der Waals surface area (Å²) in [5.74, 6) is 1.44. The smallest absolute Gasteiger partial charge is 0.308 e. The standard InChI is InChI=1S/C29H37NO5/c1-4-34-28(31)18-24-15-21-7-5-6-8-25(21)29(35-24)12-9-23(10-13-29)30-14-11-20-16-26(32-2)27(33-3)17-22(20)19-30/h5-8,16-17,23-24H,4,9-15,18-19H2,1-3H3/t23?,24-,29?/m0/s1. The Hall–Kier alpha value is -2.57. The maximum absolute atomic E-state index is 12.2. The van der Waals surface area contributed by atoms with Crippen LogP contribution in [0, 0.1) is 0 Å². The summed E-state index contributed by atoms with van der Waals surface area (Å²) in [7, 11) is 3.39. The number of benzene rings is 2. The number of esters is 1. The van der Waals surface area contributed by atoms with Gasteiger partial charge in [-0.15, -0.1) is 0 Å². The van der Waals surface area contributed by atoms with Crippen LogP contribution in [0.5, 0.6) is 11.5 Å². The monoisotopic (exact) mass is 479 g/mol. The Morgan fingerprint density at radius 1 is 1.06 bits per heavy atom. The zero-order valence-electron chi connectivity index (χ0n) is 21.2. The molecule has 0 bridgehead atoms. The van der Waals surface area contributed by atoms with E-state index in [-0.39, 0.29) is 17.7 Å². The van der Waals surface area contributed by atoms with Crippen molar-refractivity contribution in [2.45, 2.75) is 76.2 Å². The SMILES string of the molecule is CCOC(=O)C[C@@H]1Cc2ccccc2C2(CCC(N3CCc4cc(OC)c(OC)cc4C3)CC2)O1. The van der Waals surface area contributed by atoms with E-state index >= 15 is 0 Å². The minimum absolute atomic E-state index is 0.121. The number of carbonyl (C=O) groups excluding carboxylic acids is 1. The molecule has 6 heteroatoms. The van der Waals surface area contributed by atoms with E-state index in [0.717, 1.165) is 63.1 Å². The van der Waals surface area contributed by atoms with Crippen molar-refractivity contribution in [2.24, 2.45) is 0 Å². The van der Waals surface area contributed by atoms with Gasteiger partial charge in [0.05, 0.1) is 39.0 Å². The summed E-state index contributed by atoms with van der Waals surface area (Å²) in [5, 5.41) is 0. The first-order chi connectivity index (χ1) is 17.0. The van der Waals surface area contributed by atoms with Gasteiger partial charge in [0.15, 0.2) is 11.5 Å². The van der Waals surface area contributed by atoms with Gasteiger partial charge in [0.1, 0.15) is 0 Å². The Morgan fingerprint density at radius 2 is 1.77 bits per heavy atom. The number of methoxy groups -OCH3 is 2. The molecule has 1 spiro atoms. The minimum atomic E-state index is -0.299. The number of hydrogen-bond acceptors (Lipinski definition) is 6. The summed E-state index contributed by atoms with van der Waals surface area (Å²) in [6.07, 6.45) is 6.12. The number of fused-ring (bicyclic) bond motifs is 3. The zero-order chi connectivity index (χ0) is 24.4. The number of nitrogens with zero attached hydrogens (tertiary/aromatic N) is 1. The van der Waals surface area contributed by atoms with E-state index in [1.165, 1.54) is 22.3 Å². The van der Waals surface area contributed by atoms with Gasteiger partial charge in [-0.05, 0) is 79.8 Å². The molecule has 1 fully saturated rings. The van der Waals surface area contributed by atoms with Gasteiger partial charge >= 0.3 is 5.97 Å². The fourth-order valence-corrected chi connectivity index (χ4v) is 6.37. The summed E-state index contributed by atoms with van der Waals surface area (Å²) >= 11 is 0. The molecule has 6 nitrogen and oxygen atoms in total. The molecule has 0 unspecified atom stereocenters. The first kappa shape index (κ1) is 24.1. The van der Waals surface area contributed by atoms with Crippen LogP contribution in [0.4, 0.5) is 0 Å². The number of ether oxygens (including phenoxy) is 4. The highest BCUT2D eigenvalue weighted by Gasteiger charge is 2.45. The Bertz CT molecular complexity index is 1060. The van der Waals surface area contributed by atoms with Crippen LogP contribution >= 0.6 is 0 Å². The lowest BCUT2D eigenvalue weighted by Crippen LogP contribution is -2.48. The van der Waals surface area contributed by atoms with Crippen LogP contribution in [0.25, 0.3) is 0 Å². The van der Waals surface area contributed by atoms with Crippen molar-refractivity contribution in [3.05, 3.63) is 58.7 Å². The lowest BCUT2D eigenvalue weighted by molar-refractivity contribution is -0.162.